The fourth-order valence-electron chi connectivity index (χ4n) is 3.51. The second-order valence-corrected chi connectivity index (χ2v) is 5.69. The molecule has 0 bridgehead atoms. The first-order valence-corrected chi connectivity index (χ1v) is 7.61. The first kappa shape index (κ1) is 14.5. The Morgan fingerprint density at radius 2 is 1.89 bits per heavy atom. The van der Waals surface area contributed by atoms with Gasteiger partial charge in [-0.25, -0.2) is 0 Å². The summed E-state index contributed by atoms with van der Waals surface area (Å²) in [6, 6.07) is 11.5. The largest absolute Gasteiger partial charge is 0.383 e. The van der Waals surface area contributed by atoms with Crippen LogP contribution < -0.4 is 5.32 Å². The number of benzene rings is 1. The van der Waals surface area contributed by atoms with Gasteiger partial charge in [-0.3, -0.25) is 0 Å². The highest BCUT2D eigenvalue weighted by Crippen LogP contribution is 2.43. The van der Waals surface area contributed by atoms with E-state index in [4.69, 9.17) is 4.74 Å². The Hall–Kier alpha value is -0.860. The van der Waals surface area contributed by atoms with Crippen molar-refractivity contribution >= 4 is 0 Å². The van der Waals surface area contributed by atoms with Crippen LogP contribution in [0.4, 0.5) is 0 Å². The third-order valence-electron chi connectivity index (χ3n) is 4.49. The van der Waals surface area contributed by atoms with Crippen LogP contribution in [0.1, 0.15) is 44.6 Å². The molecule has 0 heterocycles. The van der Waals surface area contributed by atoms with E-state index >= 15 is 0 Å². The van der Waals surface area contributed by atoms with Crippen LogP contribution in [-0.4, -0.2) is 26.3 Å². The molecule has 1 aromatic carbocycles. The fraction of sp³-hybridized carbons (Fsp3) is 0.647. The molecular weight excluding hydrogens is 234 g/mol. The van der Waals surface area contributed by atoms with Crippen molar-refractivity contribution in [2.24, 2.45) is 0 Å². The van der Waals surface area contributed by atoms with Crippen LogP contribution in [-0.2, 0) is 10.2 Å². The van der Waals surface area contributed by atoms with Crippen molar-refractivity contribution in [2.75, 3.05) is 20.3 Å². The third kappa shape index (κ3) is 3.18. The zero-order valence-corrected chi connectivity index (χ0v) is 12.3. The van der Waals surface area contributed by atoms with E-state index in [9.17, 15) is 0 Å². The lowest BCUT2D eigenvalue weighted by atomic mass is 9.73. The van der Waals surface area contributed by atoms with Gasteiger partial charge in [0.1, 0.15) is 0 Å². The maximum Gasteiger partial charge on any atom is 0.0624 e. The van der Waals surface area contributed by atoms with Crippen molar-refractivity contribution in [1.82, 2.24) is 5.32 Å². The normalized spacial score (nSPS) is 19.5. The molecule has 19 heavy (non-hydrogen) atoms. The van der Waals surface area contributed by atoms with E-state index in [1.165, 1.54) is 37.7 Å². The van der Waals surface area contributed by atoms with Crippen molar-refractivity contribution < 1.29 is 4.74 Å². The minimum atomic E-state index is 0.270. The van der Waals surface area contributed by atoms with Crippen molar-refractivity contribution in [3.63, 3.8) is 0 Å². The van der Waals surface area contributed by atoms with E-state index in [1.54, 1.807) is 0 Å². The Morgan fingerprint density at radius 1 is 1.21 bits per heavy atom. The van der Waals surface area contributed by atoms with Gasteiger partial charge in [0, 0.05) is 18.6 Å². The molecule has 0 spiro atoms. The first-order valence-electron chi connectivity index (χ1n) is 7.61. The Bertz CT molecular complexity index is 357. The Kier molecular flexibility index (Phi) is 5.41. The Labute approximate surface area is 117 Å². The summed E-state index contributed by atoms with van der Waals surface area (Å²) in [5.41, 5.74) is 1.75. The topological polar surface area (TPSA) is 21.3 Å². The first-order chi connectivity index (χ1) is 9.33. The minimum Gasteiger partial charge on any atom is -0.383 e. The molecule has 0 saturated heterocycles. The molecule has 1 saturated carbocycles. The zero-order chi connectivity index (χ0) is 13.6. The second-order valence-electron chi connectivity index (χ2n) is 5.69. The number of hydrogen-bond donors (Lipinski definition) is 1. The summed E-state index contributed by atoms with van der Waals surface area (Å²) < 4.78 is 5.50. The number of ether oxygens (including phenoxy) is 1. The van der Waals surface area contributed by atoms with Gasteiger partial charge >= 0.3 is 0 Å². The molecule has 106 valence electrons. The maximum atomic E-state index is 5.50. The average Bonchev–Trinajstić information content (AvgIpc) is 2.95. The molecule has 0 aliphatic heterocycles. The lowest BCUT2D eigenvalue weighted by molar-refractivity contribution is 0.125. The zero-order valence-electron chi connectivity index (χ0n) is 12.3. The summed E-state index contributed by atoms with van der Waals surface area (Å²) >= 11 is 0. The molecule has 2 rings (SSSR count). The van der Waals surface area contributed by atoms with Crippen LogP contribution in [0.25, 0.3) is 0 Å². The van der Waals surface area contributed by atoms with Crippen LogP contribution in [0, 0.1) is 0 Å². The predicted octanol–water partition coefficient (Wildman–Crippen LogP) is 3.51. The van der Waals surface area contributed by atoms with Gasteiger partial charge in [0.05, 0.1) is 6.61 Å². The number of methoxy groups -OCH3 is 1. The maximum absolute atomic E-state index is 5.50. The van der Waals surface area contributed by atoms with Gasteiger partial charge in [0.2, 0.25) is 0 Å². The minimum absolute atomic E-state index is 0.270. The Balaban J connectivity index is 2.25. The molecule has 1 atom stereocenters. The van der Waals surface area contributed by atoms with Crippen LogP contribution in [0.15, 0.2) is 30.3 Å². The van der Waals surface area contributed by atoms with E-state index in [-0.39, 0.29) is 5.41 Å². The molecule has 0 radical (unpaired) electrons. The lowest BCUT2D eigenvalue weighted by Gasteiger charge is -2.38. The molecule has 1 unspecified atom stereocenters. The summed E-state index contributed by atoms with van der Waals surface area (Å²) in [6.07, 6.45) is 6.40. The quantitative estimate of drug-likeness (QED) is 0.811. The van der Waals surface area contributed by atoms with Gasteiger partial charge in [-0.2, -0.15) is 0 Å². The van der Waals surface area contributed by atoms with Gasteiger partial charge in [-0.1, -0.05) is 50.1 Å². The monoisotopic (exact) mass is 261 g/mol. The van der Waals surface area contributed by atoms with Crippen molar-refractivity contribution in [3.8, 4) is 0 Å². The molecule has 1 fully saturated rings. The smallest absolute Gasteiger partial charge is 0.0624 e. The summed E-state index contributed by atoms with van der Waals surface area (Å²) in [6.45, 7) is 4.10. The van der Waals surface area contributed by atoms with Gasteiger partial charge in [0.25, 0.3) is 0 Å². The van der Waals surface area contributed by atoms with Crippen LogP contribution in [0.2, 0.25) is 0 Å². The van der Waals surface area contributed by atoms with Crippen molar-refractivity contribution in [2.45, 2.75) is 50.5 Å². The molecule has 2 heteroatoms. The third-order valence-corrected chi connectivity index (χ3v) is 4.49. The van der Waals surface area contributed by atoms with Gasteiger partial charge in [0.15, 0.2) is 0 Å². The van der Waals surface area contributed by atoms with E-state index in [0.717, 1.165) is 13.2 Å². The molecule has 0 amide bonds. The number of hydrogen-bond acceptors (Lipinski definition) is 2. The molecular formula is C17H27NO. The van der Waals surface area contributed by atoms with Gasteiger partial charge < -0.3 is 10.1 Å². The van der Waals surface area contributed by atoms with E-state index in [0.29, 0.717) is 6.04 Å². The number of rotatable bonds is 7. The summed E-state index contributed by atoms with van der Waals surface area (Å²) in [5.74, 6) is 0. The van der Waals surface area contributed by atoms with Crippen LogP contribution in [0.5, 0.6) is 0 Å². The van der Waals surface area contributed by atoms with Crippen molar-refractivity contribution in [1.29, 1.82) is 0 Å². The molecule has 1 aliphatic carbocycles. The van der Waals surface area contributed by atoms with E-state index in [1.807, 2.05) is 7.11 Å². The van der Waals surface area contributed by atoms with E-state index < -0.39 is 0 Å². The molecule has 0 aromatic heterocycles. The highest BCUT2D eigenvalue weighted by molar-refractivity contribution is 5.29. The van der Waals surface area contributed by atoms with Gasteiger partial charge in [-0.15, -0.1) is 0 Å². The summed E-state index contributed by atoms with van der Waals surface area (Å²) in [4.78, 5) is 0. The SMILES string of the molecule is CCCNC(COC)C1(c2ccccc2)CCCC1. The van der Waals surface area contributed by atoms with Crippen LogP contribution in [0.3, 0.4) is 0 Å². The molecule has 1 aromatic rings. The second kappa shape index (κ2) is 7.06. The Morgan fingerprint density at radius 3 is 2.47 bits per heavy atom. The average molecular weight is 261 g/mol. The van der Waals surface area contributed by atoms with Crippen molar-refractivity contribution in [3.05, 3.63) is 35.9 Å². The summed E-state index contributed by atoms with van der Waals surface area (Å²) in [7, 11) is 1.81. The van der Waals surface area contributed by atoms with E-state index in [2.05, 4.69) is 42.6 Å². The highest BCUT2D eigenvalue weighted by Gasteiger charge is 2.42. The summed E-state index contributed by atoms with van der Waals surface area (Å²) in [5, 5.41) is 3.73. The van der Waals surface area contributed by atoms with Gasteiger partial charge in [-0.05, 0) is 31.4 Å². The highest BCUT2D eigenvalue weighted by atomic mass is 16.5. The fourth-order valence-corrected chi connectivity index (χ4v) is 3.51. The predicted molar refractivity (Wildman–Crippen MR) is 80.5 cm³/mol. The number of nitrogens with one attached hydrogen (secondary N) is 1. The lowest BCUT2D eigenvalue weighted by Crippen LogP contribution is -2.50. The molecule has 1 N–H and O–H groups in total. The van der Waals surface area contributed by atoms with Crippen LogP contribution >= 0.6 is 0 Å². The standard InChI is InChI=1S/C17H27NO/c1-3-13-18-16(14-19-2)17(11-7-8-12-17)15-9-5-4-6-10-15/h4-6,9-10,16,18H,3,7-8,11-14H2,1-2H3. The molecule has 2 nitrogen and oxygen atoms in total. The molecule has 1 aliphatic rings.